The van der Waals surface area contributed by atoms with E-state index in [0.717, 1.165) is 32.4 Å². The van der Waals surface area contributed by atoms with Gasteiger partial charge >= 0.3 is 0 Å². The van der Waals surface area contributed by atoms with Gasteiger partial charge in [-0.15, -0.1) is 0 Å². The molecule has 8 nitrogen and oxygen atoms in total. The maximum absolute atomic E-state index is 13.0. The van der Waals surface area contributed by atoms with Gasteiger partial charge < -0.3 is 15.0 Å². The van der Waals surface area contributed by atoms with E-state index in [1.165, 1.54) is 28.6 Å². The highest BCUT2D eigenvalue weighted by molar-refractivity contribution is 7.89. The third-order valence-corrected chi connectivity index (χ3v) is 8.04. The van der Waals surface area contributed by atoms with Crippen molar-refractivity contribution < 1.29 is 22.7 Å². The summed E-state index contributed by atoms with van der Waals surface area (Å²) in [4.78, 5) is 27.8. The molecule has 2 atom stereocenters. The van der Waals surface area contributed by atoms with Gasteiger partial charge in [0.05, 0.1) is 28.4 Å². The summed E-state index contributed by atoms with van der Waals surface area (Å²) in [6.45, 7) is 5.71. The van der Waals surface area contributed by atoms with E-state index < -0.39 is 15.9 Å². The average molecular weight is 486 g/mol. The zero-order chi connectivity index (χ0) is 24.3. The van der Waals surface area contributed by atoms with Gasteiger partial charge in [-0.1, -0.05) is 12.1 Å². The number of carbonyl (C=O) groups is 2. The zero-order valence-electron chi connectivity index (χ0n) is 19.6. The van der Waals surface area contributed by atoms with Gasteiger partial charge in [0.25, 0.3) is 11.8 Å². The van der Waals surface area contributed by atoms with Gasteiger partial charge in [-0.25, -0.2) is 8.42 Å². The Labute approximate surface area is 200 Å². The number of hydrogen-bond acceptors (Lipinski definition) is 5. The normalized spacial score (nSPS) is 21.8. The number of carbonyl (C=O) groups excluding carboxylic acids is 2. The Bertz CT molecular complexity index is 1130. The maximum atomic E-state index is 13.0. The predicted octanol–water partition coefficient (Wildman–Crippen LogP) is 3.36. The molecule has 2 aliphatic rings. The van der Waals surface area contributed by atoms with E-state index in [1.54, 1.807) is 24.3 Å². The number of morpholine rings is 1. The van der Waals surface area contributed by atoms with E-state index in [1.807, 2.05) is 18.7 Å². The number of sulfonamides is 1. The maximum Gasteiger partial charge on any atom is 0.255 e. The van der Waals surface area contributed by atoms with Crippen molar-refractivity contribution in [1.29, 1.82) is 0 Å². The largest absolute Gasteiger partial charge is 0.373 e. The Morgan fingerprint density at radius 1 is 0.912 bits per heavy atom. The van der Waals surface area contributed by atoms with Crippen LogP contribution < -0.4 is 5.32 Å². The molecule has 2 aromatic carbocycles. The fourth-order valence-electron chi connectivity index (χ4n) is 4.49. The van der Waals surface area contributed by atoms with E-state index in [-0.39, 0.29) is 36.1 Å². The fourth-order valence-corrected chi connectivity index (χ4v) is 6.09. The molecule has 34 heavy (non-hydrogen) atoms. The Balaban J connectivity index is 1.48. The number of hydrogen-bond donors (Lipinski definition) is 1. The minimum Gasteiger partial charge on any atom is -0.373 e. The SMILES string of the molecule is CC1CN(S(=O)(=O)c2ccc(C(=O)Nc3ccccc3C(=O)N3CCCCC3)cc2)CC(C)O1. The summed E-state index contributed by atoms with van der Waals surface area (Å²) in [5.41, 5.74) is 1.20. The topological polar surface area (TPSA) is 96.0 Å². The summed E-state index contributed by atoms with van der Waals surface area (Å²) < 4.78 is 33.1. The lowest BCUT2D eigenvalue weighted by Crippen LogP contribution is -2.48. The molecule has 2 aliphatic heterocycles. The van der Waals surface area contributed by atoms with Crippen molar-refractivity contribution in [2.45, 2.75) is 50.2 Å². The molecule has 0 spiro atoms. The van der Waals surface area contributed by atoms with Gasteiger partial charge in [0, 0.05) is 31.7 Å². The molecule has 9 heteroatoms. The lowest BCUT2D eigenvalue weighted by atomic mass is 10.1. The number of anilines is 1. The van der Waals surface area contributed by atoms with Crippen LogP contribution in [0.5, 0.6) is 0 Å². The summed E-state index contributed by atoms with van der Waals surface area (Å²) >= 11 is 0. The van der Waals surface area contributed by atoms with Gasteiger partial charge in [0.2, 0.25) is 10.0 Å². The molecule has 2 heterocycles. The first-order valence-electron chi connectivity index (χ1n) is 11.7. The second-order valence-corrected chi connectivity index (χ2v) is 10.9. The number of likely N-dealkylation sites (tertiary alicyclic amines) is 1. The summed E-state index contributed by atoms with van der Waals surface area (Å²) in [7, 11) is -3.69. The molecule has 2 amide bonds. The monoisotopic (exact) mass is 485 g/mol. The van der Waals surface area contributed by atoms with Crippen molar-refractivity contribution in [1.82, 2.24) is 9.21 Å². The van der Waals surface area contributed by atoms with Gasteiger partial charge in [0.15, 0.2) is 0 Å². The molecule has 0 aromatic heterocycles. The molecule has 4 rings (SSSR count). The van der Waals surface area contributed by atoms with Crippen LogP contribution in [-0.2, 0) is 14.8 Å². The standard InChI is InChI=1S/C25H31N3O5S/c1-18-16-28(17-19(2)33-18)34(31,32)21-12-10-20(11-13-21)24(29)26-23-9-5-4-8-22(23)25(30)27-14-6-3-7-15-27/h4-5,8-13,18-19H,3,6-7,14-17H2,1-2H3,(H,26,29). The summed E-state index contributed by atoms with van der Waals surface area (Å²) in [5, 5.41) is 2.82. The van der Waals surface area contributed by atoms with Crippen LogP contribution in [0.25, 0.3) is 0 Å². The highest BCUT2D eigenvalue weighted by atomic mass is 32.2. The van der Waals surface area contributed by atoms with Crippen LogP contribution in [0.1, 0.15) is 53.8 Å². The zero-order valence-corrected chi connectivity index (χ0v) is 20.4. The summed E-state index contributed by atoms with van der Waals surface area (Å²) in [6, 6.07) is 12.8. The van der Waals surface area contributed by atoms with Crippen molar-refractivity contribution in [3.63, 3.8) is 0 Å². The van der Waals surface area contributed by atoms with Crippen LogP contribution in [0.3, 0.4) is 0 Å². The van der Waals surface area contributed by atoms with Gasteiger partial charge in [0.1, 0.15) is 0 Å². The second-order valence-electron chi connectivity index (χ2n) is 8.96. The molecular weight excluding hydrogens is 454 g/mol. The van der Waals surface area contributed by atoms with Crippen molar-refractivity contribution in [2.75, 3.05) is 31.5 Å². The van der Waals surface area contributed by atoms with Crippen LogP contribution in [0, 0.1) is 0 Å². The molecule has 1 N–H and O–H groups in total. The molecule has 2 fully saturated rings. The Morgan fingerprint density at radius 3 is 2.18 bits per heavy atom. The Hall–Kier alpha value is -2.75. The van der Waals surface area contributed by atoms with Crippen LogP contribution in [0.15, 0.2) is 53.4 Å². The van der Waals surface area contributed by atoms with Crippen molar-refractivity contribution >= 4 is 27.5 Å². The van der Waals surface area contributed by atoms with E-state index >= 15 is 0 Å². The minimum absolute atomic E-state index is 0.0917. The fraction of sp³-hybridized carbons (Fsp3) is 0.440. The number of piperidine rings is 1. The lowest BCUT2D eigenvalue weighted by Gasteiger charge is -2.34. The first-order chi connectivity index (χ1) is 16.3. The van der Waals surface area contributed by atoms with Gasteiger partial charge in [-0.05, 0) is 69.5 Å². The van der Waals surface area contributed by atoms with Crippen LogP contribution in [0.4, 0.5) is 5.69 Å². The number of nitrogens with zero attached hydrogens (tertiary/aromatic N) is 2. The third-order valence-electron chi connectivity index (χ3n) is 6.19. The van der Waals surface area contributed by atoms with Crippen LogP contribution in [-0.4, -0.2) is 67.8 Å². The second kappa shape index (κ2) is 10.2. The smallest absolute Gasteiger partial charge is 0.255 e. The number of para-hydroxylation sites is 1. The van der Waals surface area contributed by atoms with Crippen molar-refractivity contribution in [3.05, 3.63) is 59.7 Å². The first-order valence-corrected chi connectivity index (χ1v) is 13.1. The van der Waals surface area contributed by atoms with Crippen molar-refractivity contribution in [3.8, 4) is 0 Å². The molecule has 0 saturated carbocycles. The average Bonchev–Trinajstić information content (AvgIpc) is 2.84. The Morgan fingerprint density at radius 2 is 1.53 bits per heavy atom. The lowest BCUT2D eigenvalue weighted by molar-refractivity contribution is -0.0440. The molecule has 182 valence electrons. The molecule has 0 bridgehead atoms. The van der Waals surface area contributed by atoms with Crippen LogP contribution in [0.2, 0.25) is 0 Å². The van der Waals surface area contributed by atoms with Crippen molar-refractivity contribution in [2.24, 2.45) is 0 Å². The minimum atomic E-state index is -3.69. The highest BCUT2D eigenvalue weighted by Gasteiger charge is 2.32. The molecule has 2 aromatic rings. The van der Waals surface area contributed by atoms with E-state index in [0.29, 0.717) is 16.8 Å². The number of ether oxygens (including phenoxy) is 1. The van der Waals surface area contributed by atoms with E-state index in [4.69, 9.17) is 4.74 Å². The van der Waals surface area contributed by atoms with Crippen LogP contribution >= 0.6 is 0 Å². The number of benzene rings is 2. The number of amides is 2. The van der Waals surface area contributed by atoms with Gasteiger partial charge in [-0.2, -0.15) is 4.31 Å². The summed E-state index contributed by atoms with van der Waals surface area (Å²) in [5.74, 6) is -0.498. The third kappa shape index (κ3) is 5.32. The first kappa shape index (κ1) is 24.4. The summed E-state index contributed by atoms with van der Waals surface area (Å²) in [6.07, 6.45) is 2.72. The molecule has 0 radical (unpaired) electrons. The molecule has 0 aliphatic carbocycles. The van der Waals surface area contributed by atoms with E-state index in [2.05, 4.69) is 5.32 Å². The molecule has 2 unspecified atom stereocenters. The molecular formula is C25H31N3O5S. The number of nitrogens with one attached hydrogen (secondary N) is 1. The molecule has 2 saturated heterocycles. The quantitative estimate of drug-likeness (QED) is 0.701. The number of rotatable bonds is 5. The van der Waals surface area contributed by atoms with Gasteiger partial charge in [-0.3, -0.25) is 9.59 Å². The Kier molecular flexibility index (Phi) is 7.35. The predicted molar refractivity (Wildman–Crippen MR) is 129 cm³/mol. The highest BCUT2D eigenvalue weighted by Crippen LogP contribution is 2.23. The van der Waals surface area contributed by atoms with E-state index in [9.17, 15) is 18.0 Å².